The topological polar surface area (TPSA) is 78.9 Å². The molecule has 1 fully saturated rings. The van der Waals surface area contributed by atoms with Crippen LogP contribution in [0.5, 0.6) is 0 Å². The van der Waals surface area contributed by atoms with Crippen LogP contribution in [0.2, 0.25) is 0 Å². The molecule has 1 aliphatic rings. The number of hydrogen-bond donors (Lipinski definition) is 2. The zero-order chi connectivity index (χ0) is 15.3. The maximum absolute atomic E-state index is 12.3. The average molecular weight is 286 g/mol. The predicted octanol–water partition coefficient (Wildman–Crippen LogP) is 0.713. The van der Waals surface area contributed by atoms with E-state index in [0.29, 0.717) is 13.2 Å². The Bertz CT molecular complexity index is 352. The van der Waals surface area contributed by atoms with Gasteiger partial charge in [0.15, 0.2) is 0 Å². The first kappa shape index (κ1) is 16.9. The van der Waals surface area contributed by atoms with Gasteiger partial charge >= 0.3 is 5.97 Å². The molecule has 0 aromatic heterocycles. The van der Waals surface area contributed by atoms with E-state index in [-0.39, 0.29) is 30.6 Å². The van der Waals surface area contributed by atoms with Crippen molar-refractivity contribution in [2.24, 2.45) is 5.92 Å². The highest BCUT2D eigenvalue weighted by Gasteiger charge is 2.39. The Morgan fingerprint density at radius 1 is 1.35 bits per heavy atom. The number of rotatable bonds is 6. The number of aliphatic carboxylic acids is 1. The fraction of sp³-hybridized carbons (Fsp3) is 0.857. The average Bonchev–Trinajstić information content (AvgIpc) is 2.81. The molecule has 1 amide bonds. The summed E-state index contributed by atoms with van der Waals surface area (Å²) < 4.78 is 5.26. The van der Waals surface area contributed by atoms with Gasteiger partial charge in [0, 0.05) is 12.1 Å². The zero-order valence-electron chi connectivity index (χ0n) is 12.8. The number of carboxylic acid groups (broad SMARTS) is 1. The Labute approximate surface area is 120 Å². The molecule has 6 heteroatoms. The molecule has 0 aromatic rings. The second kappa shape index (κ2) is 7.04. The maximum Gasteiger partial charge on any atom is 0.311 e. The molecule has 0 aliphatic carbocycles. The van der Waals surface area contributed by atoms with E-state index >= 15 is 0 Å². The first-order valence-corrected chi connectivity index (χ1v) is 7.11. The summed E-state index contributed by atoms with van der Waals surface area (Å²) >= 11 is 0. The standard InChI is InChI=1S/C14H26N2O4/c1-5-6-16(12(17)7-15-14(2,3)4)11-9-20-8-10(11)13(18)19/h10-11,15H,5-9H2,1-4H3,(H,18,19). The van der Waals surface area contributed by atoms with Gasteiger partial charge in [0.05, 0.1) is 25.8 Å². The second-order valence-corrected chi connectivity index (χ2v) is 6.24. The summed E-state index contributed by atoms with van der Waals surface area (Å²) in [4.78, 5) is 25.2. The first-order valence-electron chi connectivity index (χ1n) is 7.11. The zero-order valence-corrected chi connectivity index (χ0v) is 12.8. The van der Waals surface area contributed by atoms with Crippen LogP contribution in [0.3, 0.4) is 0 Å². The van der Waals surface area contributed by atoms with Crippen LogP contribution >= 0.6 is 0 Å². The number of carbonyl (C=O) groups is 2. The molecule has 0 radical (unpaired) electrons. The molecule has 0 bridgehead atoms. The van der Waals surface area contributed by atoms with Gasteiger partial charge in [-0.05, 0) is 27.2 Å². The van der Waals surface area contributed by atoms with Crippen LogP contribution in [-0.4, -0.2) is 59.8 Å². The molecule has 0 saturated carbocycles. The molecule has 1 aliphatic heterocycles. The largest absolute Gasteiger partial charge is 0.481 e. The van der Waals surface area contributed by atoms with Crippen molar-refractivity contribution in [3.63, 3.8) is 0 Å². The number of amides is 1. The van der Waals surface area contributed by atoms with Gasteiger partial charge in [-0.3, -0.25) is 9.59 Å². The Balaban J connectivity index is 2.72. The van der Waals surface area contributed by atoms with E-state index in [0.717, 1.165) is 6.42 Å². The van der Waals surface area contributed by atoms with E-state index in [1.165, 1.54) is 0 Å². The Kier molecular flexibility index (Phi) is 5.95. The first-order chi connectivity index (χ1) is 9.26. The minimum absolute atomic E-state index is 0.0662. The Morgan fingerprint density at radius 2 is 2.00 bits per heavy atom. The fourth-order valence-electron chi connectivity index (χ4n) is 2.24. The monoisotopic (exact) mass is 286 g/mol. The third-order valence-corrected chi connectivity index (χ3v) is 3.32. The van der Waals surface area contributed by atoms with E-state index in [1.54, 1.807) is 4.90 Å². The van der Waals surface area contributed by atoms with Crippen LogP contribution in [0.15, 0.2) is 0 Å². The summed E-state index contributed by atoms with van der Waals surface area (Å²) in [6.45, 7) is 9.20. The van der Waals surface area contributed by atoms with Gasteiger partial charge in [-0.15, -0.1) is 0 Å². The molecule has 0 aromatic carbocycles. The molecule has 0 spiro atoms. The highest BCUT2D eigenvalue weighted by Crippen LogP contribution is 2.20. The van der Waals surface area contributed by atoms with Gasteiger partial charge in [-0.25, -0.2) is 0 Å². The molecule has 1 heterocycles. The molecule has 1 rings (SSSR count). The van der Waals surface area contributed by atoms with E-state index in [9.17, 15) is 14.7 Å². The van der Waals surface area contributed by atoms with Gasteiger partial charge in [-0.1, -0.05) is 6.92 Å². The maximum atomic E-state index is 12.3. The molecule has 2 N–H and O–H groups in total. The van der Waals surface area contributed by atoms with Gasteiger partial charge < -0.3 is 20.1 Å². The quantitative estimate of drug-likeness (QED) is 0.752. The minimum Gasteiger partial charge on any atom is -0.481 e. The molecule has 116 valence electrons. The van der Waals surface area contributed by atoms with Crippen molar-refractivity contribution in [3.05, 3.63) is 0 Å². The second-order valence-electron chi connectivity index (χ2n) is 6.24. The van der Waals surface area contributed by atoms with Crippen molar-refractivity contribution < 1.29 is 19.4 Å². The number of hydrogen-bond acceptors (Lipinski definition) is 4. The number of ether oxygens (including phenoxy) is 1. The molecule has 2 atom stereocenters. The number of nitrogens with one attached hydrogen (secondary N) is 1. The van der Waals surface area contributed by atoms with Crippen molar-refractivity contribution in [1.82, 2.24) is 10.2 Å². The predicted molar refractivity (Wildman–Crippen MR) is 75.5 cm³/mol. The van der Waals surface area contributed by atoms with Gasteiger partial charge in [0.25, 0.3) is 0 Å². The van der Waals surface area contributed by atoms with E-state index in [4.69, 9.17) is 4.74 Å². The van der Waals surface area contributed by atoms with Crippen LogP contribution in [0.1, 0.15) is 34.1 Å². The Morgan fingerprint density at radius 3 is 2.50 bits per heavy atom. The van der Waals surface area contributed by atoms with Crippen molar-refractivity contribution in [3.8, 4) is 0 Å². The van der Waals surface area contributed by atoms with Crippen LogP contribution in [0.4, 0.5) is 0 Å². The molecule has 6 nitrogen and oxygen atoms in total. The van der Waals surface area contributed by atoms with Crippen LogP contribution < -0.4 is 5.32 Å². The SMILES string of the molecule is CCCN(C(=O)CNC(C)(C)C)C1COCC1C(=O)O. The van der Waals surface area contributed by atoms with Gasteiger partial charge in [0.2, 0.25) is 5.91 Å². The van der Waals surface area contributed by atoms with E-state index in [2.05, 4.69) is 5.32 Å². The highest BCUT2D eigenvalue weighted by molar-refractivity contribution is 5.80. The van der Waals surface area contributed by atoms with Crippen molar-refractivity contribution >= 4 is 11.9 Å². The third kappa shape index (κ3) is 4.76. The molecular weight excluding hydrogens is 260 g/mol. The smallest absolute Gasteiger partial charge is 0.311 e. The highest BCUT2D eigenvalue weighted by atomic mass is 16.5. The summed E-state index contributed by atoms with van der Waals surface area (Å²) in [5.74, 6) is -1.59. The number of carbonyl (C=O) groups excluding carboxylic acids is 1. The summed E-state index contributed by atoms with van der Waals surface area (Å²) in [5, 5.41) is 12.4. The van der Waals surface area contributed by atoms with Crippen LogP contribution in [0, 0.1) is 5.92 Å². The summed E-state index contributed by atoms with van der Waals surface area (Å²) in [6, 6.07) is -0.360. The lowest BCUT2D eigenvalue weighted by Crippen LogP contribution is -2.51. The van der Waals surface area contributed by atoms with Crippen molar-refractivity contribution in [2.45, 2.75) is 45.7 Å². The molecule has 20 heavy (non-hydrogen) atoms. The summed E-state index contributed by atoms with van der Waals surface area (Å²) in [7, 11) is 0. The molecule has 1 saturated heterocycles. The Hall–Kier alpha value is -1.14. The van der Waals surface area contributed by atoms with Crippen LogP contribution in [0.25, 0.3) is 0 Å². The van der Waals surface area contributed by atoms with Crippen molar-refractivity contribution in [2.75, 3.05) is 26.3 Å². The molecular formula is C14H26N2O4. The lowest BCUT2D eigenvalue weighted by molar-refractivity contribution is -0.145. The lowest BCUT2D eigenvalue weighted by Gasteiger charge is -2.31. The van der Waals surface area contributed by atoms with Gasteiger partial charge in [0.1, 0.15) is 5.92 Å². The third-order valence-electron chi connectivity index (χ3n) is 3.32. The molecule has 2 unspecified atom stereocenters. The summed E-state index contributed by atoms with van der Waals surface area (Å²) in [6.07, 6.45) is 0.796. The number of carboxylic acids is 1. The summed E-state index contributed by atoms with van der Waals surface area (Å²) in [5.41, 5.74) is -0.147. The van der Waals surface area contributed by atoms with E-state index < -0.39 is 11.9 Å². The lowest BCUT2D eigenvalue weighted by atomic mass is 10.0. The fourth-order valence-corrected chi connectivity index (χ4v) is 2.24. The van der Waals surface area contributed by atoms with Gasteiger partial charge in [-0.2, -0.15) is 0 Å². The van der Waals surface area contributed by atoms with Crippen molar-refractivity contribution in [1.29, 1.82) is 0 Å². The minimum atomic E-state index is -0.898. The normalized spacial score (nSPS) is 22.8. The van der Waals surface area contributed by atoms with E-state index in [1.807, 2.05) is 27.7 Å². The van der Waals surface area contributed by atoms with Crippen LogP contribution in [-0.2, 0) is 14.3 Å². The number of nitrogens with zero attached hydrogens (tertiary/aromatic N) is 1.